The van der Waals surface area contributed by atoms with E-state index in [1.165, 1.54) is 5.56 Å². The third kappa shape index (κ3) is 7.97. The number of ether oxygens (including phenoxy) is 1. The van der Waals surface area contributed by atoms with E-state index < -0.39 is 6.09 Å². The van der Waals surface area contributed by atoms with Crippen LogP contribution in [0.15, 0.2) is 47.3 Å². The van der Waals surface area contributed by atoms with Gasteiger partial charge in [0.05, 0.1) is 13.2 Å². The van der Waals surface area contributed by atoms with Gasteiger partial charge in [-0.1, -0.05) is 24.3 Å². The number of amides is 2. The Kier molecular flexibility index (Phi) is 10.8. The van der Waals surface area contributed by atoms with Gasteiger partial charge in [0.2, 0.25) is 0 Å². The number of anilines is 1. The number of morpholine rings is 1. The molecule has 0 atom stereocenters. The van der Waals surface area contributed by atoms with Crippen molar-refractivity contribution in [2.24, 2.45) is 0 Å². The molecule has 10 heteroatoms. The molecule has 5 rings (SSSR count). The normalized spacial score (nSPS) is 18.6. The van der Waals surface area contributed by atoms with Gasteiger partial charge in [-0.05, 0) is 99.4 Å². The van der Waals surface area contributed by atoms with E-state index >= 15 is 0 Å². The highest BCUT2D eigenvalue weighted by atomic mass is 16.5. The monoisotopic (exact) mass is 629 g/mol. The molecule has 2 amide bonds. The lowest BCUT2D eigenvalue weighted by molar-refractivity contribution is 0.0342. The maximum Gasteiger partial charge on any atom is 0.404 e. The fourth-order valence-electron chi connectivity index (χ4n) is 6.92. The third-order valence-corrected chi connectivity index (χ3v) is 9.46. The fraction of sp³-hybridized carbons (Fsp3) is 0.472. The quantitative estimate of drug-likeness (QED) is 0.245. The van der Waals surface area contributed by atoms with Gasteiger partial charge in [0.15, 0.2) is 0 Å². The van der Waals surface area contributed by atoms with Crippen molar-refractivity contribution in [3.8, 4) is 11.1 Å². The number of H-pyrrole nitrogens is 1. The molecule has 1 saturated heterocycles. The van der Waals surface area contributed by atoms with Crippen molar-refractivity contribution in [2.45, 2.75) is 78.6 Å². The van der Waals surface area contributed by atoms with Gasteiger partial charge in [-0.2, -0.15) is 0 Å². The molecule has 1 aliphatic carbocycles. The van der Waals surface area contributed by atoms with Crippen LogP contribution in [0.4, 0.5) is 10.5 Å². The SMILES string of the molecule is CCN(c1cc(-c2ccc(CN3CCOCC3)cc2)cc(C(=O)NCc2c(C)cc(C)[nH]c2=O)c1C)C1CCC(NC(=O)O)CC1. The fourth-order valence-corrected chi connectivity index (χ4v) is 6.92. The summed E-state index contributed by atoms with van der Waals surface area (Å²) >= 11 is 0. The second-order valence-corrected chi connectivity index (χ2v) is 12.6. The number of hydrogen-bond acceptors (Lipinski definition) is 6. The van der Waals surface area contributed by atoms with Gasteiger partial charge < -0.3 is 30.4 Å². The molecule has 246 valence electrons. The maximum atomic E-state index is 13.9. The number of benzene rings is 2. The highest BCUT2D eigenvalue weighted by molar-refractivity contribution is 5.99. The van der Waals surface area contributed by atoms with E-state index in [1.54, 1.807) is 0 Å². The van der Waals surface area contributed by atoms with Crippen LogP contribution in [-0.2, 0) is 17.8 Å². The molecule has 46 heavy (non-hydrogen) atoms. The zero-order valence-electron chi connectivity index (χ0n) is 27.4. The van der Waals surface area contributed by atoms with Crippen molar-refractivity contribution in [2.75, 3.05) is 37.7 Å². The molecular weight excluding hydrogens is 582 g/mol. The standard InChI is InChI=1S/C36H47N5O5/c1-5-41(30-12-10-29(11-13-30)39-36(44)45)33-20-28(27-8-6-26(7-9-27)22-40-14-16-46-17-15-40)19-31(25(33)4)34(42)37-21-32-23(2)18-24(3)38-35(32)43/h6-9,18-20,29-30,39H,5,10-17,21-22H2,1-4H3,(H,37,42)(H,38,43)(H,44,45). The van der Waals surface area contributed by atoms with Crippen molar-refractivity contribution >= 4 is 17.7 Å². The van der Waals surface area contributed by atoms with Gasteiger partial charge in [-0.15, -0.1) is 0 Å². The molecular formula is C36H47N5O5. The number of pyridine rings is 1. The molecule has 2 heterocycles. The molecule has 0 spiro atoms. The van der Waals surface area contributed by atoms with E-state index in [4.69, 9.17) is 4.74 Å². The number of aromatic amines is 1. The van der Waals surface area contributed by atoms with Crippen molar-refractivity contribution in [1.82, 2.24) is 20.5 Å². The number of carbonyl (C=O) groups is 2. The lowest BCUT2D eigenvalue weighted by atomic mass is 9.88. The second-order valence-electron chi connectivity index (χ2n) is 12.6. The minimum Gasteiger partial charge on any atom is -0.465 e. The predicted octanol–water partition coefficient (Wildman–Crippen LogP) is 5.13. The zero-order valence-corrected chi connectivity index (χ0v) is 27.4. The number of nitrogens with one attached hydrogen (secondary N) is 3. The zero-order chi connectivity index (χ0) is 32.8. The molecule has 2 aromatic carbocycles. The average Bonchev–Trinajstić information content (AvgIpc) is 3.03. The summed E-state index contributed by atoms with van der Waals surface area (Å²) in [6.45, 7) is 13.0. The number of hydrogen-bond donors (Lipinski definition) is 4. The Morgan fingerprint density at radius 1 is 1.00 bits per heavy atom. The van der Waals surface area contributed by atoms with E-state index in [2.05, 4.69) is 62.7 Å². The summed E-state index contributed by atoms with van der Waals surface area (Å²) in [6.07, 6.45) is 2.28. The van der Waals surface area contributed by atoms with Gasteiger partial charge in [-0.25, -0.2) is 4.79 Å². The number of rotatable bonds is 10. The van der Waals surface area contributed by atoms with Crippen molar-refractivity contribution in [3.05, 3.63) is 86.3 Å². The number of aryl methyl sites for hydroxylation is 2. The first-order chi connectivity index (χ1) is 22.1. The highest BCUT2D eigenvalue weighted by Crippen LogP contribution is 2.35. The predicted molar refractivity (Wildman–Crippen MR) is 181 cm³/mol. The molecule has 10 nitrogen and oxygen atoms in total. The summed E-state index contributed by atoms with van der Waals surface area (Å²) in [5, 5.41) is 14.9. The van der Waals surface area contributed by atoms with Crippen LogP contribution in [0, 0.1) is 20.8 Å². The summed E-state index contributed by atoms with van der Waals surface area (Å²) < 4.78 is 5.50. The van der Waals surface area contributed by atoms with Gasteiger partial charge in [0.1, 0.15) is 0 Å². The van der Waals surface area contributed by atoms with Crippen LogP contribution in [-0.4, -0.2) is 71.9 Å². The van der Waals surface area contributed by atoms with E-state index in [0.29, 0.717) is 11.1 Å². The third-order valence-electron chi connectivity index (χ3n) is 9.46. The van der Waals surface area contributed by atoms with Crippen LogP contribution in [0.25, 0.3) is 11.1 Å². The van der Waals surface area contributed by atoms with Crippen LogP contribution in [0.3, 0.4) is 0 Å². The molecule has 2 fully saturated rings. The lowest BCUT2D eigenvalue weighted by Crippen LogP contribution is -2.44. The first kappa shape index (κ1) is 33.2. The minimum absolute atomic E-state index is 0.0365. The Balaban J connectivity index is 1.45. The summed E-state index contributed by atoms with van der Waals surface area (Å²) in [7, 11) is 0. The summed E-state index contributed by atoms with van der Waals surface area (Å²) in [6, 6.07) is 14.8. The summed E-state index contributed by atoms with van der Waals surface area (Å²) in [5.41, 5.74) is 7.66. The molecule has 0 bridgehead atoms. The van der Waals surface area contributed by atoms with Crippen LogP contribution < -0.4 is 21.1 Å². The smallest absolute Gasteiger partial charge is 0.404 e. The Labute approximate surface area is 271 Å². The van der Waals surface area contributed by atoms with E-state index in [-0.39, 0.29) is 30.1 Å². The van der Waals surface area contributed by atoms with Crippen LogP contribution in [0.1, 0.15) is 70.9 Å². The largest absolute Gasteiger partial charge is 0.465 e. The van der Waals surface area contributed by atoms with Crippen molar-refractivity contribution in [1.29, 1.82) is 0 Å². The molecule has 1 aliphatic heterocycles. The van der Waals surface area contributed by atoms with E-state index in [9.17, 15) is 19.5 Å². The Hall–Kier alpha value is -4.15. The van der Waals surface area contributed by atoms with Crippen LogP contribution in [0.5, 0.6) is 0 Å². The van der Waals surface area contributed by atoms with Crippen molar-refractivity contribution in [3.63, 3.8) is 0 Å². The topological polar surface area (TPSA) is 127 Å². The number of carboxylic acid groups (broad SMARTS) is 1. The minimum atomic E-state index is -0.978. The Morgan fingerprint density at radius 3 is 2.33 bits per heavy atom. The van der Waals surface area contributed by atoms with E-state index in [1.807, 2.05) is 32.9 Å². The van der Waals surface area contributed by atoms with Gasteiger partial charge in [0.25, 0.3) is 11.5 Å². The Bertz CT molecular complexity index is 1590. The maximum absolute atomic E-state index is 13.9. The Morgan fingerprint density at radius 2 is 1.70 bits per heavy atom. The first-order valence-corrected chi connectivity index (χ1v) is 16.4. The average molecular weight is 630 g/mol. The number of aromatic nitrogens is 1. The van der Waals surface area contributed by atoms with Gasteiger partial charge >= 0.3 is 6.09 Å². The molecule has 3 aromatic rings. The van der Waals surface area contributed by atoms with Gasteiger partial charge in [0, 0.05) is 67.3 Å². The number of nitrogens with zero attached hydrogens (tertiary/aromatic N) is 2. The molecule has 4 N–H and O–H groups in total. The van der Waals surface area contributed by atoms with Gasteiger partial charge in [-0.3, -0.25) is 14.5 Å². The van der Waals surface area contributed by atoms with Crippen LogP contribution >= 0.6 is 0 Å². The highest BCUT2D eigenvalue weighted by Gasteiger charge is 2.28. The van der Waals surface area contributed by atoms with Crippen molar-refractivity contribution < 1.29 is 19.4 Å². The molecule has 2 aliphatic rings. The molecule has 1 saturated carbocycles. The molecule has 0 unspecified atom stereocenters. The van der Waals surface area contributed by atoms with Crippen LogP contribution in [0.2, 0.25) is 0 Å². The molecule has 1 aromatic heterocycles. The second kappa shape index (κ2) is 15.0. The number of carbonyl (C=O) groups excluding carboxylic acids is 1. The lowest BCUT2D eigenvalue weighted by Gasteiger charge is -2.39. The summed E-state index contributed by atoms with van der Waals surface area (Å²) in [4.78, 5) is 45.3. The molecule has 0 radical (unpaired) electrons. The first-order valence-electron chi connectivity index (χ1n) is 16.4. The van der Waals surface area contributed by atoms with E-state index in [0.717, 1.165) is 98.7 Å². The summed E-state index contributed by atoms with van der Waals surface area (Å²) in [5.74, 6) is -0.227.